The summed E-state index contributed by atoms with van der Waals surface area (Å²) in [4.78, 5) is 0. The van der Waals surface area contributed by atoms with Crippen molar-refractivity contribution in [3.05, 3.63) is 22.4 Å². The Morgan fingerprint density at radius 1 is 0.714 bits per heavy atom. The van der Waals surface area contributed by atoms with Crippen LogP contribution in [0.25, 0.3) is 0 Å². The van der Waals surface area contributed by atoms with Crippen LogP contribution in [0.5, 0.6) is 0 Å². The van der Waals surface area contributed by atoms with E-state index in [1.54, 1.807) is 8.94 Å². The fraction of sp³-hybridized carbons (Fsp3) is 0.250. The molecule has 0 aromatic heterocycles. The van der Waals surface area contributed by atoms with E-state index in [1.807, 2.05) is 6.74 Å². The van der Waals surface area contributed by atoms with Gasteiger partial charge >= 0.3 is 128 Å². The van der Waals surface area contributed by atoms with Gasteiger partial charge in [0.2, 0.25) is 0 Å². The first-order chi connectivity index (χ1) is 6.58. The summed E-state index contributed by atoms with van der Waals surface area (Å²) in [7, 11) is 0. The van der Waals surface area contributed by atoms with Crippen molar-refractivity contribution in [1.29, 1.82) is 0 Å². The number of halogens is 2. The summed E-state index contributed by atoms with van der Waals surface area (Å²) in [6, 6.07) is 0. The normalized spacial score (nSPS) is 28.3. The van der Waals surface area contributed by atoms with E-state index in [0.29, 0.717) is 59.8 Å². The molecule has 0 N–H and O–H groups in total. The topological polar surface area (TPSA) is 0 Å². The Bertz CT molecular complexity index is 313. The summed E-state index contributed by atoms with van der Waals surface area (Å²) in [6.07, 6.45) is 0. The molecule has 0 nitrogen and oxygen atoms in total. The van der Waals surface area contributed by atoms with Crippen LogP contribution in [0.3, 0.4) is 0 Å². The molecular formula is C8H6Br2Se4. The van der Waals surface area contributed by atoms with Gasteiger partial charge in [-0.05, 0) is 0 Å². The van der Waals surface area contributed by atoms with Crippen LogP contribution in [-0.4, -0.2) is 59.8 Å². The van der Waals surface area contributed by atoms with Gasteiger partial charge in [-0.1, -0.05) is 0 Å². The Balaban J connectivity index is 2.17. The predicted molar refractivity (Wildman–Crippen MR) is 73.3 cm³/mol. The molecule has 0 spiro atoms. The van der Waals surface area contributed by atoms with E-state index in [-0.39, 0.29) is 0 Å². The van der Waals surface area contributed by atoms with E-state index in [4.69, 9.17) is 0 Å². The van der Waals surface area contributed by atoms with Crippen LogP contribution in [0.1, 0.15) is 13.8 Å². The average Bonchev–Trinajstić information content (AvgIpc) is 2.60. The first-order valence-corrected chi connectivity index (χ1v) is 12.2. The van der Waals surface area contributed by atoms with Gasteiger partial charge in [-0.25, -0.2) is 0 Å². The van der Waals surface area contributed by atoms with E-state index in [0.717, 1.165) is 0 Å². The van der Waals surface area contributed by atoms with Crippen molar-refractivity contribution in [2.75, 3.05) is 0 Å². The van der Waals surface area contributed by atoms with E-state index >= 15 is 0 Å². The van der Waals surface area contributed by atoms with Gasteiger partial charge in [-0.2, -0.15) is 0 Å². The van der Waals surface area contributed by atoms with Crippen molar-refractivity contribution in [1.82, 2.24) is 0 Å². The van der Waals surface area contributed by atoms with Crippen LogP contribution in [0, 0.1) is 0 Å². The van der Waals surface area contributed by atoms with Crippen LogP contribution in [0.15, 0.2) is 22.4 Å². The second-order valence-corrected chi connectivity index (χ2v) is 18.6. The second kappa shape index (κ2) is 5.27. The van der Waals surface area contributed by atoms with Crippen LogP contribution in [0.2, 0.25) is 0 Å². The standard InChI is InChI=1S/C8H6Br2Se4/c1-3-5(9)13-7(11-3)8-12-4(2)6(10)14-8/h1-2H3/b8-7+. The molecule has 2 aliphatic heterocycles. The summed E-state index contributed by atoms with van der Waals surface area (Å²) in [5.74, 6) is 0. The molecule has 2 aliphatic rings. The molecule has 0 aromatic rings. The molecule has 6 heteroatoms. The van der Waals surface area contributed by atoms with Gasteiger partial charge in [0.25, 0.3) is 0 Å². The zero-order valence-corrected chi connectivity index (χ0v) is 17.4. The Kier molecular flexibility index (Phi) is 4.78. The molecule has 0 fully saturated rings. The minimum atomic E-state index is 0.640. The Morgan fingerprint density at radius 3 is 1.29 bits per heavy atom. The van der Waals surface area contributed by atoms with Crippen molar-refractivity contribution in [2.24, 2.45) is 0 Å². The van der Waals surface area contributed by atoms with Gasteiger partial charge in [0.05, 0.1) is 0 Å². The summed E-state index contributed by atoms with van der Waals surface area (Å²) in [5.41, 5.74) is 0. The third kappa shape index (κ3) is 2.74. The summed E-state index contributed by atoms with van der Waals surface area (Å²) >= 11 is 10.0. The molecule has 0 atom stereocenters. The molecule has 0 aromatic carbocycles. The predicted octanol–water partition coefficient (Wildman–Crippen LogP) is 2.12. The summed E-state index contributed by atoms with van der Waals surface area (Å²) in [6.45, 7) is 4.56. The first kappa shape index (κ1) is 12.7. The molecule has 0 saturated heterocycles. The van der Waals surface area contributed by atoms with Crippen LogP contribution in [0.4, 0.5) is 0 Å². The Hall–Kier alpha value is 2.26. The van der Waals surface area contributed by atoms with Crippen LogP contribution >= 0.6 is 31.9 Å². The van der Waals surface area contributed by atoms with Crippen LogP contribution in [-0.2, 0) is 0 Å². The third-order valence-electron chi connectivity index (χ3n) is 1.58. The maximum atomic E-state index is 3.70. The SMILES string of the molecule is CC1=C(Br)[Se]/C(=C2\[Se]C(C)=C(Br)[Se]2)[Se]1. The molecule has 0 amide bonds. The quantitative estimate of drug-likeness (QED) is 0.387. The molecule has 0 unspecified atom stereocenters. The molecule has 2 rings (SSSR count). The van der Waals surface area contributed by atoms with Crippen molar-refractivity contribution >= 4 is 91.7 Å². The number of hydrogen-bond acceptors (Lipinski definition) is 0. The van der Waals surface area contributed by atoms with Crippen molar-refractivity contribution in [3.8, 4) is 0 Å². The summed E-state index contributed by atoms with van der Waals surface area (Å²) < 4.78 is 9.91. The molecular weight excluding hydrogens is 572 g/mol. The van der Waals surface area contributed by atoms with Gasteiger partial charge in [0.1, 0.15) is 0 Å². The molecule has 0 saturated carbocycles. The van der Waals surface area contributed by atoms with Gasteiger partial charge in [-0.3, -0.25) is 0 Å². The number of hydrogen-bond donors (Lipinski definition) is 0. The average molecular weight is 578 g/mol. The van der Waals surface area contributed by atoms with E-state index in [9.17, 15) is 0 Å². The number of rotatable bonds is 0. The van der Waals surface area contributed by atoms with Crippen molar-refractivity contribution in [2.45, 2.75) is 13.8 Å². The molecule has 0 bridgehead atoms. The maximum absolute atomic E-state index is 3.70. The zero-order valence-electron chi connectivity index (χ0n) is 7.39. The Labute approximate surface area is 126 Å². The number of allylic oxidation sites excluding steroid dienone is 2. The minimum absolute atomic E-state index is 0.640. The fourth-order valence-corrected chi connectivity index (χ4v) is 20.5. The van der Waals surface area contributed by atoms with Gasteiger partial charge in [-0.15, -0.1) is 0 Å². The molecule has 0 radical (unpaired) electrons. The van der Waals surface area contributed by atoms with Gasteiger partial charge in [0.15, 0.2) is 0 Å². The monoisotopic (exact) mass is 580 g/mol. The van der Waals surface area contributed by atoms with Crippen molar-refractivity contribution < 1.29 is 0 Å². The Morgan fingerprint density at radius 2 is 1.07 bits per heavy atom. The molecule has 0 aliphatic carbocycles. The van der Waals surface area contributed by atoms with E-state index in [2.05, 4.69) is 45.7 Å². The van der Waals surface area contributed by atoms with Gasteiger partial charge < -0.3 is 0 Å². The molecule has 14 heavy (non-hydrogen) atoms. The zero-order chi connectivity index (χ0) is 10.3. The van der Waals surface area contributed by atoms with Crippen molar-refractivity contribution in [3.63, 3.8) is 0 Å². The molecule has 2 heterocycles. The summed E-state index contributed by atoms with van der Waals surface area (Å²) in [5, 5.41) is 0. The third-order valence-corrected chi connectivity index (χ3v) is 20.6. The first-order valence-electron chi connectivity index (χ1n) is 3.76. The van der Waals surface area contributed by atoms with Gasteiger partial charge in [0, 0.05) is 0 Å². The fourth-order valence-electron chi connectivity index (χ4n) is 0.873. The van der Waals surface area contributed by atoms with E-state index < -0.39 is 0 Å². The van der Waals surface area contributed by atoms with E-state index in [1.165, 1.54) is 6.76 Å². The van der Waals surface area contributed by atoms with Crippen LogP contribution < -0.4 is 0 Å². The second-order valence-electron chi connectivity index (χ2n) is 2.64. The molecule has 76 valence electrons.